The van der Waals surface area contributed by atoms with E-state index in [0.29, 0.717) is 11.4 Å². The molecule has 17 heavy (non-hydrogen) atoms. The molecule has 4 nitrogen and oxygen atoms in total. The van der Waals surface area contributed by atoms with Gasteiger partial charge >= 0.3 is 0 Å². The lowest BCUT2D eigenvalue weighted by Gasteiger charge is -2.13. The zero-order valence-corrected chi connectivity index (χ0v) is 11.0. The Morgan fingerprint density at radius 2 is 2.35 bits per heavy atom. The summed E-state index contributed by atoms with van der Waals surface area (Å²) in [6.45, 7) is 2.08. The van der Waals surface area contributed by atoms with Gasteiger partial charge in [-0.2, -0.15) is 5.10 Å². The van der Waals surface area contributed by atoms with Gasteiger partial charge in [0.05, 0.1) is 13.3 Å². The smallest absolute Gasteiger partial charge is 0.163 e. The van der Waals surface area contributed by atoms with Crippen LogP contribution in [0, 0.1) is 0 Å². The van der Waals surface area contributed by atoms with Gasteiger partial charge in [-0.05, 0) is 23.4 Å². The van der Waals surface area contributed by atoms with Crippen LogP contribution in [0.25, 0.3) is 0 Å². The van der Waals surface area contributed by atoms with Gasteiger partial charge in [0.15, 0.2) is 5.75 Å². The van der Waals surface area contributed by atoms with Crippen LogP contribution in [0.2, 0.25) is 0 Å². The molecule has 0 amide bonds. The number of aliphatic hydroxyl groups excluding tert-OH is 1. The number of ether oxygens (including phenoxy) is 1. The molecule has 2 rings (SSSR count). The summed E-state index contributed by atoms with van der Waals surface area (Å²) in [6.07, 6.45) is 1.86. The van der Waals surface area contributed by atoms with Crippen LogP contribution < -0.4 is 4.74 Å². The Bertz CT molecular complexity index is 504. The highest BCUT2D eigenvalue weighted by molar-refractivity contribution is 7.10. The molecule has 1 N–H and O–H groups in total. The van der Waals surface area contributed by atoms with Crippen molar-refractivity contribution in [3.8, 4) is 5.75 Å². The molecule has 0 saturated carbocycles. The molecule has 0 aliphatic rings. The lowest BCUT2D eigenvalue weighted by atomic mass is 10.1. The van der Waals surface area contributed by atoms with Crippen molar-refractivity contribution < 1.29 is 9.84 Å². The Kier molecular flexibility index (Phi) is 3.49. The summed E-state index contributed by atoms with van der Waals surface area (Å²) in [5.41, 5.74) is 1.87. The molecular weight excluding hydrogens is 236 g/mol. The van der Waals surface area contributed by atoms with Crippen molar-refractivity contribution in [1.82, 2.24) is 9.78 Å². The number of thiophene rings is 1. The van der Waals surface area contributed by atoms with Gasteiger partial charge in [-0.15, -0.1) is 11.3 Å². The SMILES string of the molecule is CCc1ccsc1C(O)c1c(OC)cnn1C. The van der Waals surface area contributed by atoms with Gasteiger partial charge in [0.2, 0.25) is 0 Å². The Morgan fingerprint density at radius 1 is 1.59 bits per heavy atom. The molecule has 0 bridgehead atoms. The monoisotopic (exact) mass is 252 g/mol. The Hall–Kier alpha value is -1.33. The highest BCUT2D eigenvalue weighted by Crippen LogP contribution is 2.34. The average molecular weight is 252 g/mol. The second-order valence-corrected chi connectivity index (χ2v) is 4.74. The molecule has 1 unspecified atom stereocenters. The van der Waals surface area contributed by atoms with Crippen molar-refractivity contribution >= 4 is 11.3 Å². The molecule has 0 spiro atoms. The summed E-state index contributed by atoms with van der Waals surface area (Å²) >= 11 is 1.56. The average Bonchev–Trinajstić information content (AvgIpc) is 2.93. The van der Waals surface area contributed by atoms with E-state index < -0.39 is 6.10 Å². The molecule has 0 radical (unpaired) electrons. The van der Waals surface area contributed by atoms with Crippen LogP contribution in [0.15, 0.2) is 17.6 Å². The lowest BCUT2D eigenvalue weighted by Crippen LogP contribution is -2.08. The summed E-state index contributed by atoms with van der Waals surface area (Å²) in [7, 11) is 3.39. The van der Waals surface area contributed by atoms with E-state index in [1.807, 2.05) is 11.4 Å². The maximum Gasteiger partial charge on any atom is 0.163 e. The Labute approximate surface area is 104 Å². The van der Waals surface area contributed by atoms with E-state index in [-0.39, 0.29) is 0 Å². The van der Waals surface area contributed by atoms with E-state index in [0.717, 1.165) is 11.3 Å². The third-order valence-corrected chi connectivity index (χ3v) is 3.85. The van der Waals surface area contributed by atoms with Crippen LogP contribution in [0.4, 0.5) is 0 Å². The van der Waals surface area contributed by atoms with E-state index in [4.69, 9.17) is 4.74 Å². The highest BCUT2D eigenvalue weighted by atomic mass is 32.1. The van der Waals surface area contributed by atoms with Crippen molar-refractivity contribution in [1.29, 1.82) is 0 Å². The van der Waals surface area contributed by atoms with Crippen molar-refractivity contribution in [2.45, 2.75) is 19.4 Å². The molecule has 0 fully saturated rings. The van der Waals surface area contributed by atoms with E-state index >= 15 is 0 Å². The fourth-order valence-corrected chi connectivity index (χ4v) is 2.88. The fraction of sp³-hybridized carbons (Fsp3) is 0.417. The minimum absolute atomic E-state index is 0.621. The predicted octanol–water partition coefficient (Wildman–Crippen LogP) is 2.13. The quantitative estimate of drug-likeness (QED) is 0.906. The van der Waals surface area contributed by atoms with Gasteiger partial charge in [-0.1, -0.05) is 6.92 Å². The zero-order valence-electron chi connectivity index (χ0n) is 10.2. The number of rotatable bonds is 4. The number of hydrogen-bond acceptors (Lipinski definition) is 4. The van der Waals surface area contributed by atoms with Gasteiger partial charge in [-0.25, -0.2) is 0 Å². The molecular formula is C12H16N2O2S. The highest BCUT2D eigenvalue weighted by Gasteiger charge is 2.22. The maximum atomic E-state index is 10.4. The normalized spacial score (nSPS) is 12.7. The van der Waals surface area contributed by atoms with Crippen molar-refractivity contribution in [2.24, 2.45) is 7.05 Å². The molecule has 0 aliphatic heterocycles. The summed E-state index contributed by atoms with van der Waals surface area (Å²) in [5.74, 6) is 0.621. The third-order valence-electron chi connectivity index (χ3n) is 2.84. The summed E-state index contributed by atoms with van der Waals surface area (Å²) < 4.78 is 6.88. The number of hydrogen-bond donors (Lipinski definition) is 1. The van der Waals surface area contributed by atoms with Gasteiger partial charge < -0.3 is 9.84 Å². The molecule has 1 atom stereocenters. The topological polar surface area (TPSA) is 47.3 Å². The molecule has 5 heteroatoms. The van der Waals surface area contributed by atoms with Gasteiger partial charge in [-0.3, -0.25) is 4.68 Å². The number of aryl methyl sites for hydroxylation is 2. The van der Waals surface area contributed by atoms with Crippen molar-refractivity contribution in [3.63, 3.8) is 0 Å². The molecule has 92 valence electrons. The van der Waals surface area contributed by atoms with Crippen molar-refractivity contribution in [3.05, 3.63) is 33.8 Å². The van der Waals surface area contributed by atoms with E-state index in [1.54, 1.807) is 36.4 Å². The first-order chi connectivity index (χ1) is 8.19. The first kappa shape index (κ1) is 12.1. The second-order valence-electron chi connectivity index (χ2n) is 3.79. The van der Waals surface area contributed by atoms with E-state index in [2.05, 4.69) is 12.0 Å². The molecule has 0 saturated heterocycles. The van der Waals surface area contributed by atoms with Crippen LogP contribution in [0.5, 0.6) is 5.75 Å². The number of aliphatic hydroxyl groups is 1. The maximum absolute atomic E-state index is 10.4. The van der Waals surface area contributed by atoms with Crippen molar-refractivity contribution in [2.75, 3.05) is 7.11 Å². The fourth-order valence-electron chi connectivity index (χ4n) is 1.90. The summed E-state index contributed by atoms with van der Waals surface area (Å²) in [6, 6.07) is 2.05. The number of nitrogens with zero attached hydrogens (tertiary/aromatic N) is 2. The molecule has 0 aliphatic carbocycles. The molecule has 2 aromatic rings. The Morgan fingerprint density at radius 3 is 3.00 bits per heavy atom. The van der Waals surface area contributed by atoms with E-state index in [9.17, 15) is 5.11 Å². The summed E-state index contributed by atoms with van der Waals surface area (Å²) in [5, 5.41) is 16.6. The third kappa shape index (κ3) is 2.08. The van der Waals surface area contributed by atoms with Gasteiger partial charge in [0.1, 0.15) is 11.8 Å². The van der Waals surface area contributed by atoms with Crippen LogP contribution in [-0.2, 0) is 13.5 Å². The first-order valence-corrected chi connectivity index (χ1v) is 6.37. The number of methoxy groups -OCH3 is 1. The van der Waals surface area contributed by atoms with Crippen LogP contribution in [-0.4, -0.2) is 22.0 Å². The molecule has 2 heterocycles. The molecule has 2 aromatic heterocycles. The predicted molar refractivity (Wildman–Crippen MR) is 67.5 cm³/mol. The largest absolute Gasteiger partial charge is 0.493 e. The van der Waals surface area contributed by atoms with Gasteiger partial charge in [0.25, 0.3) is 0 Å². The van der Waals surface area contributed by atoms with Crippen LogP contribution >= 0.6 is 11.3 Å². The van der Waals surface area contributed by atoms with E-state index in [1.165, 1.54) is 5.56 Å². The second kappa shape index (κ2) is 4.89. The lowest BCUT2D eigenvalue weighted by molar-refractivity contribution is 0.207. The first-order valence-electron chi connectivity index (χ1n) is 5.49. The zero-order chi connectivity index (χ0) is 12.4. The minimum atomic E-state index is -0.674. The Balaban J connectivity index is 2.43. The van der Waals surface area contributed by atoms with Crippen LogP contribution in [0.1, 0.15) is 29.2 Å². The molecule has 0 aromatic carbocycles. The summed E-state index contributed by atoms with van der Waals surface area (Å²) in [4.78, 5) is 0.967. The van der Waals surface area contributed by atoms with Gasteiger partial charge in [0, 0.05) is 11.9 Å². The van der Waals surface area contributed by atoms with Crippen LogP contribution in [0.3, 0.4) is 0 Å². The number of aromatic nitrogens is 2. The standard InChI is InChI=1S/C12H16N2O2S/c1-4-8-5-6-17-12(8)11(15)10-9(16-3)7-13-14(10)2/h5-7,11,15H,4H2,1-3H3. The minimum Gasteiger partial charge on any atom is -0.493 e.